The van der Waals surface area contributed by atoms with E-state index in [1.807, 2.05) is 32.0 Å². The number of aryl methyl sites for hydroxylation is 2. The fourth-order valence-electron chi connectivity index (χ4n) is 2.66. The monoisotopic (exact) mass is 342 g/mol. The standard InChI is InChI=1S/C20H23FN2O2/c1-14-10-15(2)12-19(11-14)22-20(25)8-9-23(16(3)24)13-17-4-6-18(21)7-5-17/h4-7,10-12H,8-9,13H2,1-3H3,(H,22,25). The lowest BCUT2D eigenvalue weighted by Gasteiger charge is -2.21. The molecule has 0 spiro atoms. The topological polar surface area (TPSA) is 49.4 Å². The molecule has 0 fully saturated rings. The van der Waals surface area contributed by atoms with Crippen LogP contribution in [0.2, 0.25) is 0 Å². The third-order valence-electron chi connectivity index (χ3n) is 3.85. The Bertz CT molecular complexity index is 737. The van der Waals surface area contributed by atoms with Crippen molar-refractivity contribution < 1.29 is 14.0 Å². The lowest BCUT2D eigenvalue weighted by atomic mass is 10.1. The first-order chi connectivity index (χ1) is 11.8. The molecule has 0 saturated heterocycles. The maximum Gasteiger partial charge on any atom is 0.226 e. The minimum Gasteiger partial charge on any atom is -0.338 e. The van der Waals surface area contributed by atoms with Crippen LogP contribution in [0.4, 0.5) is 10.1 Å². The van der Waals surface area contributed by atoms with Gasteiger partial charge in [0.1, 0.15) is 5.82 Å². The van der Waals surface area contributed by atoms with Gasteiger partial charge in [0, 0.05) is 32.1 Å². The van der Waals surface area contributed by atoms with Gasteiger partial charge in [0.25, 0.3) is 0 Å². The van der Waals surface area contributed by atoms with E-state index >= 15 is 0 Å². The molecule has 0 aliphatic heterocycles. The zero-order chi connectivity index (χ0) is 18.4. The lowest BCUT2D eigenvalue weighted by molar-refractivity contribution is -0.129. The van der Waals surface area contributed by atoms with Crippen LogP contribution in [0.25, 0.3) is 0 Å². The summed E-state index contributed by atoms with van der Waals surface area (Å²) in [4.78, 5) is 25.5. The summed E-state index contributed by atoms with van der Waals surface area (Å²) in [6.45, 7) is 6.08. The Morgan fingerprint density at radius 1 is 1.04 bits per heavy atom. The summed E-state index contributed by atoms with van der Waals surface area (Å²) in [5.41, 5.74) is 3.75. The molecule has 25 heavy (non-hydrogen) atoms. The quantitative estimate of drug-likeness (QED) is 0.867. The van der Waals surface area contributed by atoms with Gasteiger partial charge in [-0.1, -0.05) is 18.2 Å². The Hall–Kier alpha value is -2.69. The second-order valence-electron chi connectivity index (χ2n) is 6.24. The molecule has 0 unspecified atom stereocenters. The van der Waals surface area contributed by atoms with Crippen LogP contribution in [-0.2, 0) is 16.1 Å². The van der Waals surface area contributed by atoms with E-state index < -0.39 is 0 Å². The molecule has 0 aliphatic carbocycles. The fraction of sp³-hybridized carbons (Fsp3) is 0.300. The summed E-state index contributed by atoms with van der Waals surface area (Å²) in [6.07, 6.45) is 0.202. The van der Waals surface area contributed by atoms with Gasteiger partial charge < -0.3 is 10.2 Å². The molecular formula is C20H23FN2O2. The number of amides is 2. The molecule has 0 heterocycles. The molecule has 0 atom stereocenters. The molecule has 0 aliphatic rings. The molecule has 5 heteroatoms. The molecule has 2 rings (SSSR count). The summed E-state index contributed by atoms with van der Waals surface area (Å²) < 4.78 is 13.0. The van der Waals surface area contributed by atoms with Gasteiger partial charge in [0.05, 0.1) is 0 Å². The first-order valence-corrected chi connectivity index (χ1v) is 8.21. The van der Waals surface area contributed by atoms with Crippen LogP contribution >= 0.6 is 0 Å². The van der Waals surface area contributed by atoms with Crippen molar-refractivity contribution in [1.82, 2.24) is 4.90 Å². The molecule has 2 aromatic rings. The van der Waals surface area contributed by atoms with Crippen molar-refractivity contribution in [3.63, 3.8) is 0 Å². The first kappa shape index (κ1) is 18.6. The number of rotatable bonds is 6. The Morgan fingerprint density at radius 3 is 2.20 bits per heavy atom. The van der Waals surface area contributed by atoms with Crippen LogP contribution in [0.5, 0.6) is 0 Å². The number of hydrogen-bond donors (Lipinski definition) is 1. The van der Waals surface area contributed by atoms with Gasteiger partial charge >= 0.3 is 0 Å². The summed E-state index contributed by atoms with van der Waals surface area (Å²) in [5, 5.41) is 2.86. The molecule has 0 radical (unpaired) electrons. The van der Waals surface area contributed by atoms with Crippen molar-refractivity contribution in [2.75, 3.05) is 11.9 Å². The first-order valence-electron chi connectivity index (χ1n) is 8.21. The number of halogens is 1. The van der Waals surface area contributed by atoms with Crippen molar-refractivity contribution >= 4 is 17.5 Å². The fourth-order valence-corrected chi connectivity index (χ4v) is 2.66. The highest BCUT2D eigenvalue weighted by Gasteiger charge is 2.12. The second kappa shape index (κ2) is 8.42. The molecule has 132 valence electrons. The molecular weight excluding hydrogens is 319 g/mol. The highest BCUT2D eigenvalue weighted by atomic mass is 19.1. The summed E-state index contributed by atoms with van der Waals surface area (Å²) in [7, 11) is 0. The summed E-state index contributed by atoms with van der Waals surface area (Å²) in [6, 6.07) is 11.9. The van der Waals surface area contributed by atoms with E-state index in [9.17, 15) is 14.0 Å². The normalized spacial score (nSPS) is 10.4. The van der Waals surface area contributed by atoms with Gasteiger partial charge in [0.2, 0.25) is 11.8 Å². The third kappa shape index (κ3) is 6.03. The molecule has 1 N–H and O–H groups in total. The average molecular weight is 342 g/mol. The number of benzene rings is 2. The van der Waals surface area contributed by atoms with E-state index in [0.717, 1.165) is 22.4 Å². The molecule has 0 bridgehead atoms. The Morgan fingerprint density at radius 2 is 1.64 bits per heavy atom. The Balaban J connectivity index is 1.92. The zero-order valence-corrected chi connectivity index (χ0v) is 14.8. The number of hydrogen-bond acceptors (Lipinski definition) is 2. The van der Waals surface area contributed by atoms with Gasteiger partial charge in [-0.3, -0.25) is 9.59 Å². The number of carbonyl (C=O) groups excluding carboxylic acids is 2. The van der Waals surface area contributed by atoms with E-state index in [4.69, 9.17) is 0 Å². The number of anilines is 1. The van der Waals surface area contributed by atoms with Crippen LogP contribution in [0.15, 0.2) is 42.5 Å². The molecule has 2 aromatic carbocycles. The summed E-state index contributed by atoms with van der Waals surface area (Å²) >= 11 is 0. The molecule has 0 saturated carbocycles. The number of nitrogens with zero attached hydrogens (tertiary/aromatic N) is 1. The van der Waals surface area contributed by atoms with E-state index in [1.165, 1.54) is 19.1 Å². The van der Waals surface area contributed by atoms with Crippen molar-refractivity contribution in [1.29, 1.82) is 0 Å². The van der Waals surface area contributed by atoms with Crippen molar-refractivity contribution in [3.8, 4) is 0 Å². The van der Waals surface area contributed by atoms with Crippen molar-refractivity contribution in [2.24, 2.45) is 0 Å². The van der Waals surface area contributed by atoms with Crippen LogP contribution in [-0.4, -0.2) is 23.3 Å². The maximum atomic E-state index is 13.0. The Labute approximate surface area is 147 Å². The van der Waals surface area contributed by atoms with E-state index in [0.29, 0.717) is 13.1 Å². The minimum absolute atomic E-state index is 0.122. The number of nitrogens with one attached hydrogen (secondary N) is 1. The molecule has 0 aromatic heterocycles. The molecule has 2 amide bonds. The minimum atomic E-state index is -0.314. The van der Waals surface area contributed by atoms with Crippen LogP contribution in [0.1, 0.15) is 30.0 Å². The van der Waals surface area contributed by atoms with Crippen molar-refractivity contribution in [3.05, 3.63) is 65.0 Å². The predicted molar refractivity (Wildman–Crippen MR) is 96.7 cm³/mol. The lowest BCUT2D eigenvalue weighted by Crippen LogP contribution is -2.31. The average Bonchev–Trinajstić information content (AvgIpc) is 2.51. The van der Waals surface area contributed by atoms with Gasteiger partial charge in [-0.2, -0.15) is 0 Å². The highest BCUT2D eigenvalue weighted by Crippen LogP contribution is 2.14. The van der Waals surface area contributed by atoms with E-state index in [1.54, 1.807) is 17.0 Å². The third-order valence-corrected chi connectivity index (χ3v) is 3.85. The van der Waals surface area contributed by atoms with Crippen LogP contribution < -0.4 is 5.32 Å². The maximum absolute atomic E-state index is 13.0. The zero-order valence-electron chi connectivity index (χ0n) is 14.8. The summed E-state index contributed by atoms with van der Waals surface area (Å²) in [5.74, 6) is -0.579. The van der Waals surface area contributed by atoms with Crippen molar-refractivity contribution in [2.45, 2.75) is 33.7 Å². The van der Waals surface area contributed by atoms with Gasteiger partial charge in [-0.15, -0.1) is 0 Å². The second-order valence-corrected chi connectivity index (χ2v) is 6.24. The Kier molecular flexibility index (Phi) is 6.28. The van der Waals surface area contributed by atoms with Crippen LogP contribution in [0.3, 0.4) is 0 Å². The molecule has 4 nitrogen and oxygen atoms in total. The highest BCUT2D eigenvalue weighted by molar-refractivity contribution is 5.91. The van der Waals surface area contributed by atoms with Gasteiger partial charge in [0.15, 0.2) is 0 Å². The van der Waals surface area contributed by atoms with Crippen LogP contribution in [0, 0.1) is 19.7 Å². The largest absolute Gasteiger partial charge is 0.338 e. The number of carbonyl (C=O) groups is 2. The van der Waals surface area contributed by atoms with E-state index in [-0.39, 0.29) is 24.1 Å². The van der Waals surface area contributed by atoms with E-state index in [2.05, 4.69) is 5.32 Å². The van der Waals surface area contributed by atoms with Gasteiger partial charge in [-0.05, 0) is 54.8 Å². The predicted octanol–water partition coefficient (Wildman–Crippen LogP) is 3.82. The SMILES string of the molecule is CC(=O)N(CCC(=O)Nc1cc(C)cc(C)c1)Cc1ccc(F)cc1. The van der Waals surface area contributed by atoms with Gasteiger partial charge in [-0.25, -0.2) is 4.39 Å². The smallest absolute Gasteiger partial charge is 0.226 e.